The van der Waals surface area contributed by atoms with E-state index in [1.165, 1.54) is 23.8 Å². The number of carbonyl (C=O) groups excluding carboxylic acids is 2. The minimum Gasteiger partial charge on any atom is -0.494 e. The summed E-state index contributed by atoms with van der Waals surface area (Å²) in [5.41, 5.74) is 0.236. The number of carbonyl (C=O) groups is 2. The number of ether oxygens (including phenoxy) is 1. The van der Waals surface area contributed by atoms with Crippen LogP contribution in [0.4, 0.5) is 5.95 Å². The van der Waals surface area contributed by atoms with Crippen molar-refractivity contribution in [3.8, 4) is 5.75 Å². The van der Waals surface area contributed by atoms with E-state index in [1.807, 2.05) is 11.9 Å². The van der Waals surface area contributed by atoms with Gasteiger partial charge >= 0.3 is 0 Å². The summed E-state index contributed by atoms with van der Waals surface area (Å²) in [5.74, 6) is 0.775. The molecule has 2 aliphatic rings. The van der Waals surface area contributed by atoms with E-state index >= 15 is 0 Å². The topological polar surface area (TPSA) is 93.5 Å². The molecule has 1 aromatic heterocycles. The second-order valence-electron chi connectivity index (χ2n) is 7.80. The molecule has 29 heavy (non-hydrogen) atoms. The predicted octanol–water partition coefficient (Wildman–Crippen LogP) is 2.30. The summed E-state index contributed by atoms with van der Waals surface area (Å²) in [6.45, 7) is 0.412. The van der Waals surface area contributed by atoms with Gasteiger partial charge < -0.3 is 9.64 Å². The predicted molar refractivity (Wildman–Crippen MR) is 109 cm³/mol. The molecule has 2 aromatic rings. The summed E-state index contributed by atoms with van der Waals surface area (Å²) in [6.07, 6.45) is 6.98. The zero-order chi connectivity index (χ0) is 20.4. The zero-order valence-corrected chi connectivity index (χ0v) is 16.6. The first-order chi connectivity index (χ1) is 14.0. The molecule has 1 aromatic carbocycles. The van der Waals surface area contributed by atoms with E-state index in [0.29, 0.717) is 42.1 Å². The molecule has 0 spiro atoms. The van der Waals surface area contributed by atoms with E-state index in [-0.39, 0.29) is 29.9 Å². The molecule has 1 aliphatic heterocycles. The molecule has 2 amide bonds. The fraction of sp³-hybridized carbons (Fsp3) is 0.524. The largest absolute Gasteiger partial charge is 0.494 e. The van der Waals surface area contributed by atoms with E-state index in [9.17, 15) is 14.4 Å². The van der Waals surface area contributed by atoms with Crippen LogP contribution < -0.4 is 15.6 Å². The highest BCUT2D eigenvalue weighted by Gasteiger charge is 2.22. The van der Waals surface area contributed by atoms with Crippen molar-refractivity contribution in [1.29, 1.82) is 0 Å². The molecule has 0 bridgehead atoms. The Labute approximate surface area is 168 Å². The van der Waals surface area contributed by atoms with Crippen LogP contribution in [0, 0.1) is 0 Å². The van der Waals surface area contributed by atoms with Crippen LogP contribution in [-0.2, 0) is 16.1 Å². The standard InChI is InChI=1S/C21H26N4O4/c1-24(14-6-3-2-4-7-14)19(27)8-5-11-29-15-9-10-16-17(12-15)22-21-23-18(26)13-25(21)20(16)28/h9-10,12,14H,2-8,11,13H2,1H3,(H,22,23,26). The lowest BCUT2D eigenvalue weighted by Crippen LogP contribution is -2.38. The molecule has 1 saturated carbocycles. The summed E-state index contributed by atoms with van der Waals surface area (Å²) in [6, 6.07) is 5.46. The minimum absolute atomic E-state index is 0.00130. The third-order valence-corrected chi connectivity index (χ3v) is 5.80. The Morgan fingerprint density at radius 1 is 1.28 bits per heavy atom. The van der Waals surface area contributed by atoms with Gasteiger partial charge in [0, 0.05) is 25.6 Å². The molecule has 8 heteroatoms. The Kier molecular flexibility index (Phi) is 5.51. The normalized spacial score (nSPS) is 16.5. The number of hydrogen-bond acceptors (Lipinski definition) is 5. The zero-order valence-electron chi connectivity index (χ0n) is 16.6. The van der Waals surface area contributed by atoms with Crippen molar-refractivity contribution in [2.24, 2.45) is 0 Å². The second-order valence-corrected chi connectivity index (χ2v) is 7.80. The van der Waals surface area contributed by atoms with Crippen LogP contribution in [0.25, 0.3) is 10.9 Å². The number of aromatic nitrogens is 2. The average molecular weight is 398 g/mol. The van der Waals surface area contributed by atoms with Crippen molar-refractivity contribution in [1.82, 2.24) is 14.5 Å². The number of rotatable bonds is 6. The highest BCUT2D eigenvalue weighted by atomic mass is 16.5. The number of benzene rings is 1. The van der Waals surface area contributed by atoms with E-state index in [2.05, 4.69) is 10.3 Å². The van der Waals surface area contributed by atoms with Crippen LogP contribution in [0.3, 0.4) is 0 Å². The number of nitrogens with zero attached hydrogens (tertiary/aromatic N) is 3. The number of anilines is 1. The number of nitrogens with one attached hydrogen (secondary N) is 1. The lowest BCUT2D eigenvalue weighted by molar-refractivity contribution is -0.132. The van der Waals surface area contributed by atoms with E-state index in [1.54, 1.807) is 18.2 Å². The fourth-order valence-electron chi connectivity index (χ4n) is 4.10. The molecule has 1 N–H and O–H groups in total. The number of amides is 2. The highest BCUT2D eigenvalue weighted by Crippen LogP contribution is 2.23. The molecule has 4 rings (SSSR count). The maximum absolute atomic E-state index is 12.5. The first kappa shape index (κ1) is 19.4. The smallest absolute Gasteiger partial charge is 0.263 e. The summed E-state index contributed by atoms with van der Waals surface area (Å²) in [5, 5.41) is 3.03. The van der Waals surface area contributed by atoms with Gasteiger partial charge in [0.05, 0.1) is 17.5 Å². The summed E-state index contributed by atoms with van der Waals surface area (Å²) >= 11 is 0. The molecule has 0 unspecified atom stereocenters. The van der Waals surface area contributed by atoms with Crippen molar-refractivity contribution in [2.45, 2.75) is 57.5 Å². The number of hydrogen-bond donors (Lipinski definition) is 1. The molecular weight excluding hydrogens is 372 g/mol. The van der Waals surface area contributed by atoms with Crippen LogP contribution in [0.5, 0.6) is 5.75 Å². The molecular formula is C21H26N4O4. The molecule has 0 saturated heterocycles. The molecule has 0 radical (unpaired) electrons. The molecule has 8 nitrogen and oxygen atoms in total. The van der Waals surface area contributed by atoms with Gasteiger partial charge in [-0.05, 0) is 31.4 Å². The van der Waals surface area contributed by atoms with Crippen molar-refractivity contribution in [3.05, 3.63) is 28.6 Å². The Morgan fingerprint density at radius 2 is 2.07 bits per heavy atom. The van der Waals surface area contributed by atoms with E-state index in [0.717, 1.165) is 12.8 Å². The van der Waals surface area contributed by atoms with Crippen LogP contribution in [0.15, 0.2) is 23.0 Å². The quantitative estimate of drug-likeness (QED) is 0.754. The molecule has 154 valence electrons. The van der Waals surface area contributed by atoms with E-state index < -0.39 is 0 Å². The fourth-order valence-corrected chi connectivity index (χ4v) is 4.10. The van der Waals surface area contributed by atoms with Gasteiger partial charge in [-0.2, -0.15) is 0 Å². The second kappa shape index (κ2) is 8.23. The lowest BCUT2D eigenvalue weighted by atomic mass is 9.94. The SMILES string of the molecule is CN(C(=O)CCCOc1ccc2c(=O)n3c(nc2c1)NC(=O)C3)C1CCCCC1. The van der Waals surface area contributed by atoms with Crippen LogP contribution in [-0.4, -0.2) is 46.0 Å². The van der Waals surface area contributed by atoms with Gasteiger partial charge in [0.25, 0.3) is 5.56 Å². The van der Waals surface area contributed by atoms with Gasteiger partial charge in [-0.25, -0.2) is 4.98 Å². The average Bonchev–Trinajstić information content (AvgIpc) is 3.11. The van der Waals surface area contributed by atoms with Gasteiger partial charge in [-0.3, -0.25) is 24.3 Å². The Hall–Kier alpha value is -2.90. The van der Waals surface area contributed by atoms with Gasteiger partial charge in [-0.1, -0.05) is 19.3 Å². The molecule has 1 aliphatic carbocycles. The number of fused-ring (bicyclic) bond motifs is 2. The Morgan fingerprint density at radius 3 is 2.86 bits per heavy atom. The van der Waals surface area contributed by atoms with Crippen molar-refractivity contribution in [3.63, 3.8) is 0 Å². The minimum atomic E-state index is -0.246. The van der Waals surface area contributed by atoms with Crippen molar-refractivity contribution >= 4 is 28.7 Å². The van der Waals surface area contributed by atoms with E-state index in [4.69, 9.17) is 4.74 Å². The Balaban J connectivity index is 1.33. The monoisotopic (exact) mass is 398 g/mol. The highest BCUT2D eigenvalue weighted by molar-refractivity contribution is 5.94. The van der Waals surface area contributed by atoms with Gasteiger partial charge in [-0.15, -0.1) is 0 Å². The molecule has 1 fully saturated rings. The first-order valence-corrected chi connectivity index (χ1v) is 10.3. The third-order valence-electron chi connectivity index (χ3n) is 5.80. The van der Waals surface area contributed by atoms with Crippen LogP contribution >= 0.6 is 0 Å². The van der Waals surface area contributed by atoms with Crippen molar-refractivity contribution in [2.75, 3.05) is 19.0 Å². The summed E-state index contributed by atoms with van der Waals surface area (Å²) in [4.78, 5) is 42.6. The first-order valence-electron chi connectivity index (χ1n) is 10.3. The molecule has 2 heterocycles. The molecule has 0 atom stereocenters. The maximum Gasteiger partial charge on any atom is 0.263 e. The Bertz CT molecular complexity index is 994. The van der Waals surface area contributed by atoms with Crippen molar-refractivity contribution < 1.29 is 14.3 Å². The third kappa shape index (κ3) is 4.11. The van der Waals surface area contributed by atoms with Crippen LogP contribution in [0.1, 0.15) is 44.9 Å². The van der Waals surface area contributed by atoms with Gasteiger partial charge in [0.2, 0.25) is 17.8 Å². The maximum atomic E-state index is 12.5. The summed E-state index contributed by atoms with van der Waals surface area (Å²) < 4.78 is 7.10. The lowest BCUT2D eigenvalue weighted by Gasteiger charge is -2.31. The summed E-state index contributed by atoms with van der Waals surface area (Å²) in [7, 11) is 1.91. The van der Waals surface area contributed by atoms with Crippen LogP contribution in [0.2, 0.25) is 0 Å². The van der Waals surface area contributed by atoms with Gasteiger partial charge in [0.15, 0.2) is 0 Å². The van der Waals surface area contributed by atoms with Gasteiger partial charge in [0.1, 0.15) is 12.3 Å².